The monoisotopic (exact) mass is 375 g/mol. The average molecular weight is 375 g/mol. The first kappa shape index (κ1) is 19.5. The molecule has 142 valence electrons. The van der Waals surface area contributed by atoms with Crippen LogP contribution in [0.4, 0.5) is 0 Å². The topological polar surface area (TPSA) is 81.9 Å². The van der Waals surface area contributed by atoms with Gasteiger partial charge in [-0.15, -0.1) is 0 Å². The van der Waals surface area contributed by atoms with Crippen molar-refractivity contribution in [3.05, 3.63) is 101 Å². The third-order valence-electron chi connectivity index (χ3n) is 4.75. The van der Waals surface area contributed by atoms with Gasteiger partial charge in [-0.25, -0.2) is 4.79 Å². The molecule has 0 spiro atoms. The first-order valence-electron chi connectivity index (χ1n) is 8.98. The molecule has 3 rings (SSSR count). The van der Waals surface area contributed by atoms with E-state index in [-0.39, 0.29) is 6.54 Å². The van der Waals surface area contributed by atoms with Crippen LogP contribution in [0, 0.1) is 12.1 Å². The van der Waals surface area contributed by atoms with Gasteiger partial charge >= 0.3 is 11.9 Å². The van der Waals surface area contributed by atoms with E-state index in [0.29, 0.717) is 16.7 Å². The van der Waals surface area contributed by atoms with Gasteiger partial charge in [0.05, 0.1) is 5.56 Å². The van der Waals surface area contributed by atoms with Gasteiger partial charge in [0.25, 0.3) is 0 Å². The largest absolute Gasteiger partial charge is 0.626 e. The highest BCUT2D eigenvalue weighted by atomic mass is 16.5. The molecule has 2 atom stereocenters. The highest BCUT2D eigenvalue weighted by Crippen LogP contribution is 2.22. The number of nitrogens with one attached hydrogen (secondary N) is 1. The Kier molecular flexibility index (Phi) is 5.99. The zero-order chi connectivity index (χ0) is 20.1. The number of carbonyl (C=O) groups excluding carboxylic acids is 1. The van der Waals surface area contributed by atoms with Gasteiger partial charge in [0.1, 0.15) is 12.5 Å². The first-order chi connectivity index (χ1) is 13.5. The summed E-state index contributed by atoms with van der Waals surface area (Å²) in [5.74, 6) is -2.84. The van der Waals surface area contributed by atoms with Crippen LogP contribution in [-0.4, -0.2) is 23.5 Å². The number of quaternary nitrogens is 1. The molecule has 0 heterocycles. The van der Waals surface area contributed by atoms with Crippen molar-refractivity contribution in [1.82, 2.24) is 0 Å². The number of carbonyl (C=O) groups is 2. The fraction of sp³-hybridized carbons (Fsp3) is 0.130. The Morgan fingerprint density at radius 1 is 0.893 bits per heavy atom. The third kappa shape index (κ3) is 4.34. The number of aryl methyl sites for hydroxylation is 1. The number of hydrogen-bond donors (Lipinski definition) is 2. The molecule has 1 amide bonds. The zero-order valence-corrected chi connectivity index (χ0v) is 15.5. The van der Waals surface area contributed by atoms with E-state index < -0.39 is 22.9 Å². The molecule has 28 heavy (non-hydrogen) atoms. The molecule has 0 saturated carbocycles. The van der Waals surface area contributed by atoms with E-state index in [1.807, 2.05) is 42.5 Å². The third-order valence-corrected chi connectivity index (χ3v) is 4.75. The Bertz CT molecular complexity index is 967. The summed E-state index contributed by atoms with van der Waals surface area (Å²) in [6.07, 6.45) is 0. The molecule has 0 fully saturated rings. The van der Waals surface area contributed by atoms with Crippen molar-refractivity contribution in [2.45, 2.75) is 12.8 Å². The quantitative estimate of drug-likeness (QED) is 0.649. The molecule has 5 nitrogen and oxygen atoms in total. The van der Waals surface area contributed by atoms with Gasteiger partial charge in [-0.05, 0) is 35.2 Å². The van der Waals surface area contributed by atoms with Crippen LogP contribution in [0.25, 0.3) is 11.1 Å². The molecule has 0 aromatic heterocycles. The van der Waals surface area contributed by atoms with Crippen molar-refractivity contribution in [3.63, 3.8) is 0 Å². The minimum absolute atomic E-state index is 0.316. The lowest BCUT2D eigenvalue weighted by Crippen LogP contribution is -3.10. The number of rotatable bonds is 6. The van der Waals surface area contributed by atoms with Gasteiger partial charge < -0.3 is 15.4 Å². The Morgan fingerprint density at radius 3 is 2.07 bits per heavy atom. The normalized spacial score (nSPS) is 12.9. The predicted molar refractivity (Wildman–Crippen MR) is 107 cm³/mol. The van der Waals surface area contributed by atoms with Gasteiger partial charge in [0.15, 0.2) is 0 Å². The molecule has 0 aliphatic rings. The van der Waals surface area contributed by atoms with Crippen molar-refractivity contribution in [2.75, 3.05) is 6.54 Å². The molecule has 3 aromatic rings. The number of carboxylic acid groups (broad SMARTS) is 1. The van der Waals surface area contributed by atoms with E-state index in [4.69, 9.17) is 0 Å². The number of hydrogen-bond acceptors (Lipinski definition) is 3. The molecule has 0 radical (unpaired) electrons. The lowest BCUT2D eigenvalue weighted by atomic mass is 9.96. The summed E-state index contributed by atoms with van der Waals surface area (Å²) in [6, 6.07) is 23.6. The van der Waals surface area contributed by atoms with Crippen molar-refractivity contribution in [3.8, 4) is 11.1 Å². The summed E-state index contributed by atoms with van der Waals surface area (Å²) in [6.45, 7) is 1.38. The molecule has 0 saturated heterocycles. The fourth-order valence-electron chi connectivity index (χ4n) is 3.14. The number of benzene rings is 3. The second kappa shape index (κ2) is 8.61. The maximum absolute atomic E-state index is 12.5. The fourth-order valence-corrected chi connectivity index (χ4v) is 3.14. The Morgan fingerprint density at radius 2 is 1.46 bits per heavy atom. The van der Waals surface area contributed by atoms with Crippen LogP contribution >= 0.6 is 0 Å². The van der Waals surface area contributed by atoms with E-state index >= 15 is 0 Å². The maximum Gasteiger partial charge on any atom is 0.344 e. The predicted octanol–water partition coefficient (Wildman–Crippen LogP) is 3.05. The number of aliphatic carboxylic acids is 1. The molecule has 0 aliphatic carbocycles. The first-order valence-corrected chi connectivity index (χ1v) is 8.98. The minimum Gasteiger partial charge on any atom is -0.626 e. The van der Waals surface area contributed by atoms with Gasteiger partial charge in [0, 0.05) is 0 Å². The SMILES string of the molecule is Cc1ccccc1C(=O)[NH+]([O-])C[C@H](C(=O)O)c1ccc(-c2ccccc2)cc1. The van der Waals surface area contributed by atoms with Crippen LogP contribution in [0.5, 0.6) is 0 Å². The summed E-state index contributed by atoms with van der Waals surface area (Å²) in [5.41, 5.74) is 3.48. The van der Waals surface area contributed by atoms with Crippen molar-refractivity contribution in [2.24, 2.45) is 0 Å². The van der Waals surface area contributed by atoms with Crippen LogP contribution < -0.4 is 5.06 Å². The average Bonchev–Trinajstić information content (AvgIpc) is 2.72. The maximum atomic E-state index is 12.5. The van der Waals surface area contributed by atoms with E-state index in [9.17, 15) is 19.9 Å². The minimum atomic E-state index is -1.13. The number of amides is 1. The summed E-state index contributed by atoms with van der Waals surface area (Å²) < 4.78 is 0. The highest BCUT2D eigenvalue weighted by molar-refractivity contribution is 5.89. The van der Waals surface area contributed by atoms with Gasteiger partial charge in [-0.2, -0.15) is 0 Å². The van der Waals surface area contributed by atoms with Crippen LogP contribution in [0.2, 0.25) is 0 Å². The number of hydroxylamine groups is 2. The van der Waals surface area contributed by atoms with E-state index in [0.717, 1.165) is 11.1 Å². The second-order valence-electron chi connectivity index (χ2n) is 6.65. The Labute approximate surface area is 163 Å². The lowest BCUT2D eigenvalue weighted by molar-refractivity contribution is -0.758. The van der Waals surface area contributed by atoms with E-state index in [1.54, 1.807) is 43.3 Å². The molecule has 0 bridgehead atoms. The molecule has 1 unspecified atom stereocenters. The standard InChI is InChI=1S/C23H21NO4/c1-16-7-5-6-10-20(16)22(25)24(28)15-21(23(26)27)19-13-11-18(12-14-19)17-8-3-2-4-9-17/h2-14,21,24H,15H2,1H3,(H,26,27)/t21-/m0/s1. The highest BCUT2D eigenvalue weighted by Gasteiger charge is 2.27. The molecule has 3 aromatic carbocycles. The Balaban J connectivity index is 1.79. The smallest absolute Gasteiger partial charge is 0.344 e. The van der Waals surface area contributed by atoms with Crippen LogP contribution in [0.1, 0.15) is 27.4 Å². The molecular formula is C23H21NO4. The summed E-state index contributed by atoms with van der Waals surface area (Å²) in [4.78, 5) is 24.2. The summed E-state index contributed by atoms with van der Waals surface area (Å²) in [7, 11) is 0. The molecule has 0 aliphatic heterocycles. The molecule has 2 N–H and O–H groups in total. The van der Waals surface area contributed by atoms with Crippen molar-refractivity contribution < 1.29 is 19.8 Å². The molecular weight excluding hydrogens is 354 g/mol. The van der Waals surface area contributed by atoms with Gasteiger partial charge in [0.2, 0.25) is 0 Å². The lowest BCUT2D eigenvalue weighted by Gasteiger charge is -2.24. The Hall–Kier alpha value is -3.28. The van der Waals surface area contributed by atoms with Gasteiger partial charge in [-0.3, -0.25) is 4.79 Å². The number of carboxylic acids is 1. The molecule has 5 heteroatoms. The van der Waals surface area contributed by atoms with Crippen molar-refractivity contribution in [1.29, 1.82) is 0 Å². The van der Waals surface area contributed by atoms with Crippen LogP contribution in [0.15, 0.2) is 78.9 Å². The van der Waals surface area contributed by atoms with E-state index in [1.165, 1.54) is 0 Å². The van der Waals surface area contributed by atoms with Gasteiger partial charge in [-0.1, -0.05) is 72.8 Å². The van der Waals surface area contributed by atoms with Crippen LogP contribution in [-0.2, 0) is 4.79 Å². The van der Waals surface area contributed by atoms with Crippen molar-refractivity contribution >= 4 is 11.9 Å². The van der Waals surface area contributed by atoms with E-state index in [2.05, 4.69) is 0 Å². The van der Waals surface area contributed by atoms with Crippen LogP contribution in [0.3, 0.4) is 0 Å². The summed E-state index contributed by atoms with van der Waals surface area (Å²) >= 11 is 0. The zero-order valence-electron chi connectivity index (χ0n) is 15.5. The summed E-state index contributed by atoms with van der Waals surface area (Å²) in [5, 5.41) is 21.4. The second-order valence-corrected chi connectivity index (χ2v) is 6.65.